The number of amides is 4. The summed E-state index contributed by atoms with van der Waals surface area (Å²) in [6.45, 7) is 3.71. The molecule has 2 fully saturated rings. The number of aromatic nitrogens is 2. The zero-order valence-electron chi connectivity index (χ0n) is 19.5. The minimum atomic E-state index is -0.939. The number of imide groups is 2. The number of nitrogens with one attached hydrogen (secondary N) is 2. The van der Waals surface area contributed by atoms with Gasteiger partial charge >= 0.3 is 0 Å². The summed E-state index contributed by atoms with van der Waals surface area (Å²) in [4.78, 5) is 53.7. The molecular weight excluding hydrogens is 446 g/mol. The Morgan fingerprint density at radius 3 is 2.60 bits per heavy atom. The van der Waals surface area contributed by atoms with Crippen LogP contribution >= 0.6 is 0 Å². The Morgan fingerprint density at radius 1 is 1.09 bits per heavy atom. The fraction of sp³-hybridized carbons (Fsp3) is 0.423. The van der Waals surface area contributed by atoms with E-state index in [1.807, 2.05) is 23.1 Å². The van der Waals surface area contributed by atoms with Crippen LogP contribution in [-0.2, 0) is 22.6 Å². The lowest BCUT2D eigenvalue weighted by atomic mass is 9.87. The van der Waals surface area contributed by atoms with Gasteiger partial charge in [0.05, 0.1) is 23.9 Å². The summed E-state index contributed by atoms with van der Waals surface area (Å²) in [5.41, 5.74) is 2.46. The van der Waals surface area contributed by atoms with E-state index in [1.54, 1.807) is 12.1 Å². The third-order valence-electron chi connectivity index (χ3n) is 7.27. The van der Waals surface area contributed by atoms with Crippen molar-refractivity contribution in [2.45, 2.75) is 44.7 Å². The molecule has 1 atom stereocenters. The molecule has 9 heteroatoms. The predicted molar refractivity (Wildman–Crippen MR) is 125 cm³/mol. The van der Waals surface area contributed by atoms with Crippen LogP contribution in [0, 0.1) is 18.3 Å². The van der Waals surface area contributed by atoms with Gasteiger partial charge in [-0.2, -0.15) is 5.10 Å². The third-order valence-corrected chi connectivity index (χ3v) is 7.27. The van der Waals surface area contributed by atoms with E-state index < -0.39 is 23.8 Å². The Kier molecular flexibility index (Phi) is 6.22. The first-order valence-electron chi connectivity index (χ1n) is 12.0. The number of H-pyrrole nitrogens is 1. The smallest absolute Gasteiger partial charge is 0.262 e. The van der Waals surface area contributed by atoms with Crippen molar-refractivity contribution in [3.63, 3.8) is 0 Å². The Bertz CT molecular complexity index is 1230. The van der Waals surface area contributed by atoms with Gasteiger partial charge in [-0.3, -0.25) is 34.3 Å². The molecule has 2 saturated heterocycles. The Labute approximate surface area is 203 Å². The van der Waals surface area contributed by atoms with Crippen molar-refractivity contribution in [2.24, 2.45) is 5.92 Å². The van der Waals surface area contributed by atoms with E-state index in [2.05, 4.69) is 21.2 Å². The maximum Gasteiger partial charge on any atom is 0.262 e. The van der Waals surface area contributed by atoms with Gasteiger partial charge in [-0.1, -0.05) is 18.1 Å². The average molecular weight is 475 g/mol. The zero-order valence-corrected chi connectivity index (χ0v) is 19.5. The number of benzene rings is 1. The number of aromatic amines is 1. The van der Waals surface area contributed by atoms with Crippen molar-refractivity contribution in [3.8, 4) is 12.3 Å². The number of rotatable bonds is 6. The van der Waals surface area contributed by atoms with Crippen LogP contribution in [-0.4, -0.2) is 64.2 Å². The number of carbonyl (C=O) groups is 4. The molecule has 180 valence electrons. The van der Waals surface area contributed by atoms with Crippen molar-refractivity contribution in [3.05, 3.63) is 52.8 Å². The molecule has 4 heterocycles. The SMILES string of the molecule is C#Cc1c[nH][n+](CCN2CCC(Cc3cccc4c3C(=O)N(C3CCC(=O)NC3=O)C4=O)CC2)c1. The van der Waals surface area contributed by atoms with E-state index in [-0.39, 0.29) is 18.7 Å². The maximum atomic E-state index is 13.3. The first-order chi connectivity index (χ1) is 16.9. The number of nitrogens with zero attached hydrogens (tertiary/aromatic N) is 3. The van der Waals surface area contributed by atoms with Gasteiger partial charge in [0.1, 0.15) is 11.6 Å². The molecular formula is C26H28N5O4+. The highest BCUT2D eigenvalue weighted by Crippen LogP contribution is 2.32. The van der Waals surface area contributed by atoms with Gasteiger partial charge in [-0.25, -0.2) is 0 Å². The highest BCUT2D eigenvalue weighted by Gasteiger charge is 2.45. The van der Waals surface area contributed by atoms with E-state index in [0.29, 0.717) is 17.0 Å². The molecule has 4 amide bonds. The quantitative estimate of drug-likeness (QED) is 0.363. The second kappa shape index (κ2) is 9.47. The minimum absolute atomic E-state index is 0.114. The van der Waals surface area contributed by atoms with Crippen molar-refractivity contribution < 1.29 is 23.9 Å². The maximum absolute atomic E-state index is 13.3. The molecule has 5 rings (SSSR count). The summed E-state index contributed by atoms with van der Waals surface area (Å²) < 4.78 is 1.99. The first kappa shape index (κ1) is 23.0. The van der Waals surface area contributed by atoms with Gasteiger partial charge in [-0.15, -0.1) is 11.1 Å². The van der Waals surface area contributed by atoms with Crippen LogP contribution in [0.3, 0.4) is 0 Å². The van der Waals surface area contributed by atoms with E-state index in [9.17, 15) is 19.2 Å². The van der Waals surface area contributed by atoms with Crippen LogP contribution in [0.1, 0.15) is 57.5 Å². The standard InChI is InChI=1S/C26H27N5O4/c1-2-17-15-27-30(16-17)13-12-29-10-8-18(9-11-29)14-19-4-3-5-20-23(19)26(35)31(25(20)34)21-6-7-22(32)28-24(21)33/h1,3-5,15-16,18,21H,6-14H2,(H,28,32,33)/p+1. The molecule has 9 nitrogen and oxygen atoms in total. The first-order valence-corrected chi connectivity index (χ1v) is 12.0. The molecule has 2 aromatic rings. The van der Waals surface area contributed by atoms with Gasteiger partial charge < -0.3 is 0 Å². The Morgan fingerprint density at radius 2 is 1.89 bits per heavy atom. The number of carbonyl (C=O) groups excluding carboxylic acids is 4. The molecule has 3 aliphatic rings. The monoisotopic (exact) mass is 474 g/mol. The molecule has 35 heavy (non-hydrogen) atoms. The van der Waals surface area contributed by atoms with Crippen LogP contribution in [0.4, 0.5) is 0 Å². The lowest BCUT2D eigenvalue weighted by molar-refractivity contribution is -0.749. The number of hydrogen-bond acceptors (Lipinski definition) is 5. The Balaban J connectivity index is 1.21. The topological polar surface area (TPSA) is 106 Å². The lowest BCUT2D eigenvalue weighted by Gasteiger charge is -2.31. The molecule has 0 saturated carbocycles. The minimum Gasteiger partial charge on any atom is -0.297 e. The molecule has 0 bridgehead atoms. The highest BCUT2D eigenvalue weighted by molar-refractivity contribution is 6.24. The van der Waals surface area contributed by atoms with E-state index >= 15 is 0 Å². The van der Waals surface area contributed by atoms with Gasteiger partial charge in [0.2, 0.25) is 18.0 Å². The lowest BCUT2D eigenvalue weighted by Crippen LogP contribution is -2.54. The summed E-state index contributed by atoms with van der Waals surface area (Å²) in [6, 6.07) is 4.43. The predicted octanol–water partition coefficient (Wildman–Crippen LogP) is 0.639. The van der Waals surface area contributed by atoms with Crippen molar-refractivity contribution >= 4 is 23.6 Å². The van der Waals surface area contributed by atoms with E-state index in [1.165, 1.54) is 0 Å². The van der Waals surface area contributed by atoms with Gasteiger partial charge in [0.15, 0.2) is 6.54 Å². The van der Waals surface area contributed by atoms with Crippen molar-refractivity contribution in [2.75, 3.05) is 19.6 Å². The molecule has 1 aromatic carbocycles. The van der Waals surface area contributed by atoms with Crippen molar-refractivity contribution in [1.82, 2.24) is 20.2 Å². The van der Waals surface area contributed by atoms with Crippen LogP contribution in [0.5, 0.6) is 0 Å². The molecule has 0 aliphatic carbocycles. The van der Waals surface area contributed by atoms with Crippen molar-refractivity contribution in [1.29, 1.82) is 0 Å². The fourth-order valence-corrected chi connectivity index (χ4v) is 5.33. The molecule has 0 spiro atoms. The second-order valence-electron chi connectivity index (χ2n) is 9.47. The van der Waals surface area contributed by atoms with Crippen LogP contribution < -0.4 is 10.00 Å². The third kappa shape index (κ3) is 4.49. The number of hydrogen-bond donors (Lipinski definition) is 2. The molecule has 3 aliphatic heterocycles. The molecule has 1 aromatic heterocycles. The van der Waals surface area contributed by atoms with Crippen LogP contribution in [0.2, 0.25) is 0 Å². The summed E-state index contributed by atoms with van der Waals surface area (Å²) in [7, 11) is 0. The van der Waals surface area contributed by atoms with Gasteiger partial charge in [0.25, 0.3) is 11.8 Å². The fourth-order valence-electron chi connectivity index (χ4n) is 5.33. The van der Waals surface area contributed by atoms with Crippen LogP contribution in [0.15, 0.2) is 30.6 Å². The van der Waals surface area contributed by atoms with Gasteiger partial charge in [0, 0.05) is 6.42 Å². The zero-order chi connectivity index (χ0) is 24.5. The Hall–Kier alpha value is -3.77. The summed E-state index contributed by atoms with van der Waals surface area (Å²) in [5.74, 6) is 1.19. The summed E-state index contributed by atoms with van der Waals surface area (Å²) in [6.07, 6.45) is 12.2. The van der Waals surface area contributed by atoms with Gasteiger partial charge in [-0.05, 0) is 56.3 Å². The molecule has 1 unspecified atom stereocenters. The normalized spacial score (nSPS) is 21.2. The number of piperidine rings is 2. The molecule has 2 N–H and O–H groups in total. The number of fused-ring (bicyclic) bond motifs is 1. The number of terminal acetylenes is 1. The second-order valence-corrected chi connectivity index (χ2v) is 9.47. The highest BCUT2D eigenvalue weighted by atomic mass is 16.2. The largest absolute Gasteiger partial charge is 0.297 e. The van der Waals surface area contributed by atoms with Crippen LogP contribution in [0.25, 0.3) is 0 Å². The van der Waals surface area contributed by atoms with E-state index in [4.69, 9.17) is 6.42 Å². The summed E-state index contributed by atoms with van der Waals surface area (Å²) in [5, 5.41) is 5.39. The van der Waals surface area contributed by atoms with E-state index in [0.717, 1.165) is 61.5 Å². The average Bonchev–Trinajstić information content (AvgIpc) is 3.42. The molecule has 0 radical (unpaired) electrons. The summed E-state index contributed by atoms with van der Waals surface area (Å²) >= 11 is 0. The number of likely N-dealkylation sites (tertiary alicyclic amines) is 1.